The molecule has 2 aromatic carbocycles. The van der Waals surface area contributed by atoms with E-state index in [0.29, 0.717) is 30.4 Å². The highest BCUT2D eigenvalue weighted by Gasteiger charge is 2.09. The van der Waals surface area contributed by atoms with Crippen LogP contribution in [-0.4, -0.2) is 24.0 Å². The molecule has 0 fully saturated rings. The molecule has 0 unspecified atom stereocenters. The first kappa shape index (κ1) is 24.0. The minimum Gasteiger partial charge on any atom is -0.478 e. The summed E-state index contributed by atoms with van der Waals surface area (Å²) in [7, 11) is 0. The fourth-order valence-corrected chi connectivity index (χ4v) is 3.77. The van der Waals surface area contributed by atoms with E-state index in [2.05, 4.69) is 40.6 Å². The number of aromatic nitrogens is 2. The number of unbranched alkanes of at least 4 members (excludes halogenated alkanes) is 3. The molecule has 0 aliphatic heterocycles. The van der Waals surface area contributed by atoms with Crippen LogP contribution in [0.1, 0.15) is 36.0 Å². The van der Waals surface area contributed by atoms with Crippen LogP contribution in [-0.2, 0) is 0 Å². The Morgan fingerprint density at radius 2 is 1.54 bits per heavy atom. The van der Waals surface area contributed by atoms with Gasteiger partial charge in [0, 0.05) is 24.2 Å². The van der Waals surface area contributed by atoms with E-state index < -0.39 is 0 Å². The number of benzene rings is 2. The largest absolute Gasteiger partial charge is 0.478 e. The van der Waals surface area contributed by atoms with Gasteiger partial charge in [-0.15, -0.1) is 0 Å². The van der Waals surface area contributed by atoms with E-state index in [1.54, 1.807) is 18.3 Å². The lowest BCUT2D eigenvalue weighted by Gasteiger charge is -2.11. The molecule has 0 bridgehead atoms. The SMILES string of the molecule is Nc1ccc(C(=O)NCCCCCCOc2cc(-c3ccccc3)cc(-c3ccccc3)n2)c[nH+]1. The molecular weight excluding hydrogens is 436 g/mol. The second-order valence-corrected chi connectivity index (χ2v) is 8.36. The van der Waals surface area contributed by atoms with Crippen LogP contribution in [0, 0.1) is 0 Å². The van der Waals surface area contributed by atoms with E-state index in [1.807, 2.05) is 42.5 Å². The van der Waals surface area contributed by atoms with Gasteiger partial charge in [0.15, 0.2) is 0 Å². The number of hydrogen-bond donors (Lipinski definition) is 2. The summed E-state index contributed by atoms with van der Waals surface area (Å²) in [6.07, 6.45) is 5.51. The third kappa shape index (κ3) is 7.14. The molecule has 0 radical (unpaired) electrons. The number of nitrogen functional groups attached to an aromatic ring is 1. The minimum atomic E-state index is -0.0943. The Morgan fingerprint density at radius 1 is 0.829 bits per heavy atom. The molecule has 4 N–H and O–H groups in total. The number of amides is 1. The van der Waals surface area contributed by atoms with Crippen LogP contribution in [0.25, 0.3) is 22.4 Å². The van der Waals surface area contributed by atoms with Gasteiger partial charge in [-0.05, 0) is 36.1 Å². The average molecular weight is 468 g/mol. The van der Waals surface area contributed by atoms with Gasteiger partial charge < -0.3 is 10.1 Å². The Kier molecular flexibility index (Phi) is 8.43. The lowest BCUT2D eigenvalue weighted by atomic mass is 10.0. The number of carbonyl (C=O) groups excluding carboxylic acids is 1. The monoisotopic (exact) mass is 467 g/mol. The highest BCUT2D eigenvalue weighted by molar-refractivity contribution is 5.93. The summed E-state index contributed by atoms with van der Waals surface area (Å²) in [5.41, 5.74) is 10.4. The molecule has 1 amide bonds. The summed E-state index contributed by atoms with van der Waals surface area (Å²) in [6.45, 7) is 1.25. The first-order valence-corrected chi connectivity index (χ1v) is 12.0. The molecule has 0 aliphatic rings. The van der Waals surface area contributed by atoms with Crippen molar-refractivity contribution in [2.45, 2.75) is 25.7 Å². The van der Waals surface area contributed by atoms with Crippen molar-refractivity contribution in [2.24, 2.45) is 0 Å². The predicted molar refractivity (Wildman–Crippen MR) is 139 cm³/mol. The summed E-state index contributed by atoms with van der Waals surface area (Å²) in [4.78, 5) is 19.7. The van der Waals surface area contributed by atoms with Crippen LogP contribution in [0.15, 0.2) is 91.1 Å². The third-order valence-corrected chi connectivity index (χ3v) is 5.68. The average Bonchev–Trinajstić information content (AvgIpc) is 2.91. The Morgan fingerprint density at radius 3 is 2.26 bits per heavy atom. The number of ether oxygens (including phenoxy) is 1. The normalized spacial score (nSPS) is 10.6. The van der Waals surface area contributed by atoms with E-state index in [1.165, 1.54) is 0 Å². The number of nitrogens with zero attached hydrogens (tertiary/aromatic N) is 1. The Balaban J connectivity index is 1.24. The molecular formula is C29H31N4O2+. The predicted octanol–water partition coefficient (Wildman–Crippen LogP) is 5.18. The fourth-order valence-electron chi connectivity index (χ4n) is 3.77. The number of hydrogen-bond acceptors (Lipinski definition) is 4. The number of nitrogens with two attached hydrogens (primary N) is 1. The molecule has 2 heterocycles. The summed E-state index contributed by atoms with van der Waals surface area (Å²) >= 11 is 0. The maximum Gasteiger partial charge on any atom is 0.270 e. The molecule has 4 aromatic rings. The van der Waals surface area contributed by atoms with Gasteiger partial charge in [0.1, 0.15) is 6.20 Å². The molecule has 2 aromatic heterocycles. The van der Waals surface area contributed by atoms with Crippen LogP contribution < -0.4 is 20.8 Å². The van der Waals surface area contributed by atoms with Crippen LogP contribution in [0.5, 0.6) is 5.88 Å². The van der Waals surface area contributed by atoms with Gasteiger partial charge in [-0.25, -0.2) is 9.97 Å². The zero-order chi connectivity index (χ0) is 24.3. The van der Waals surface area contributed by atoms with Crippen molar-refractivity contribution in [3.63, 3.8) is 0 Å². The number of carbonyl (C=O) groups is 1. The topological polar surface area (TPSA) is 91.4 Å². The van der Waals surface area contributed by atoms with E-state index in [4.69, 9.17) is 15.5 Å². The molecule has 0 saturated carbocycles. The highest BCUT2D eigenvalue weighted by atomic mass is 16.5. The molecule has 0 aliphatic carbocycles. The lowest BCUT2D eigenvalue weighted by Crippen LogP contribution is -2.26. The van der Waals surface area contributed by atoms with Gasteiger partial charge in [0.25, 0.3) is 11.7 Å². The first-order valence-electron chi connectivity index (χ1n) is 12.0. The smallest absolute Gasteiger partial charge is 0.270 e. The van der Waals surface area contributed by atoms with Gasteiger partial charge in [0.05, 0.1) is 17.9 Å². The van der Waals surface area contributed by atoms with Crippen LogP contribution in [0.3, 0.4) is 0 Å². The zero-order valence-corrected chi connectivity index (χ0v) is 19.7. The Bertz CT molecular complexity index is 1150. The molecule has 178 valence electrons. The number of pyridine rings is 2. The van der Waals surface area contributed by atoms with Gasteiger partial charge in [-0.3, -0.25) is 10.5 Å². The number of aromatic amines is 1. The summed E-state index contributed by atoms with van der Waals surface area (Å²) < 4.78 is 6.05. The van der Waals surface area contributed by atoms with E-state index >= 15 is 0 Å². The fraction of sp³-hybridized carbons (Fsp3) is 0.207. The maximum atomic E-state index is 12.1. The molecule has 0 atom stereocenters. The van der Waals surface area contributed by atoms with Crippen molar-refractivity contribution in [2.75, 3.05) is 18.9 Å². The quantitative estimate of drug-likeness (QED) is 0.297. The molecule has 35 heavy (non-hydrogen) atoms. The number of rotatable bonds is 11. The van der Waals surface area contributed by atoms with E-state index in [9.17, 15) is 4.79 Å². The molecule has 4 rings (SSSR count). The van der Waals surface area contributed by atoms with Crippen molar-refractivity contribution in [3.05, 3.63) is 96.7 Å². The highest BCUT2D eigenvalue weighted by Crippen LogP contribution is 2.28. The maximum absolute atomic E-state index is 12.1. The first-order chi connectivity index (χ1) is 17.2. The second-order valence-electron chi connectivity index (χ2n) is 8.36. The van der Waals surface area contributed by atoms with Gasteiger partial charge in [-0.1, -0.05) is 73.5 Å². The molecule has 6 nitrogen and oxygen atoms in total. The van der Waals surface area contributed by atoms with Gasteiger partial charge in [0.2, 0.25) is 5.88 Å². The summed E-state index contributed by atoms with van der Waals surface area (Å²) in [5, 5.41) is 2.94. The lowest BCUT2D eigenvalue weighted by molar-refractivity contribution is -0.360. The van der Waals surface area contributed by atoms with E-state index in [-0.39, 0.29) is 5.91 Å². The number of H-pyrrole nitrogens is 1. The summed E-state index contributed by atoms with van der Waals surface area (Å²) in [6, 6.07) is 27.9. The standard InChI is InChI=1S/C29H30N4O2/c30-27-16-15-24(21-32-27)29(34)31-17-9-1-2-10-18-35-28-20-25(22-11-5-3-6-12-22)19-26(33-28)23-13-7-4-8-14-23/h3-8,11-16,19-21H,1-2,9-10,17-18H2,(H2,30,32)(H,31,34)/p+1. The van der Waals surface area contributed by atoms with Crippen LogP contribution >= 0.6 is 0 Å². The van der Waals surface area contributed by atoms with Crippen molar-refractivity contribution in [1.82, 2.24) is 10.3 Å². The molecule has 0 saturated heterocycles. The van der Waals surface area contributed by atoms with Gasteiger partial charge >= 0.3 is 0 Å². The third-order valence-electron chi connectivity index (χ3n) is 5.68. The Hall–Kier alpha value is -4.19. The van der Waals surface area contributed by atoms with Crippen molar-refractivity contribution < 1.29 is 14.5 Å². The number of nitrogens with one attached hydrogen (secondary N) is 2. The summed E-state index contributed by atoms with van der Waals surface area (Å²) in [5.74, 6) is 1.07. The minimum absolute atomic E-state index is 0.0943. The van der Waals surface area contributed by atoms with Crippen molar-refractivity contribution in [3.8, 4) is 28.3 Å². The van der Waals surface area contributed by atoms with Crippen molar-refractivity contribution in [1.29, 1.82) is 0 Å². The molecule has 0 spiro atoms. The molecule has 6 heteroatoms. The number of anilines is 1. The van der Waals surface area contributed by atoms with E-state index in [0.717, 1.165) is 48.1 Å². The zero-order valence-electron chi connectivity index (χ0n) is 19.7. The van der Waals surface area contributed by atoms with Crippen LogP contribution in [0.2, 0.25) is 0 Å². The second kappa shape index (κ2) is 12.3. The van der Waals surface area contributed by atoms with Crippen LogP contribution in [0.4, 0.5) is 5.82 Å². The van der Waals surface area contributed by atoms with Gasteiger partial charge in [-0.2, -0.15) is 0 Å². The van der Waals surface area contributed by atoms with Crippen molar-refractivity contribution >= 4 is 11.7 Å². The Labute approximate surface area is 206 Å².